The molecule has 1 aromatic rings. The Kier molecular flexibility index (Phi) is 2.11. The number of rotatable bonds is 1. The number of carbonyl (C=O) groups excluding carboxylic acids is 1. The lowest BCUT2D eigenvalue weighted by Crippen LogP contribution is -2.33. The summed E-state index contributed by atoms with van der Waals surface area (Å²) in [6.45, 7) is 3.96. The number of hydrogen-bond donors (Lipinski definition) is 0. The third-order valence-electron chi connectivity index (χ3n) is 2.78. The Balaban J connectivity index is 2.53. The van der Waals surface area contributed by atoms with Crippen LogP contribution in [0.15, 0.2) is 29.3 Å². The van der Waals surface area contributed by atoms with Crippen LogP contribution in [0.5, 0.6) is 0 Å². The smallest absolute Gasteiger partial charge is 0.353 e. The van der Waals surface area contributed by atoms with Gasteiger partial charge in [-0.3, -0.25) is 0 Å². The van der Waals surface area contributed by atoms with Gasteiger partial charge in [0.2, 0.25) is 0 Å². The van der Waals surface area contributed by atoms with Gasteiger partial charge in [-0.25, -0.2) is 9.79 Å². The van der Waals surface area contributed by atoms with Crippen LogP contribution in [-0.4, -0.2) is 18.8 Å². The number of ether oxygens (including phenoxy) is 1. The number of aliphatic imine (C=N–C) groups is 1. The fourth-order valence-electron chi connectivity index (χ4n) is 1.88. The minimum absolute atomic E-state index is 0.351. The first kappa shape index (κ1) is 9.90. The number of nitrogens with zero attached hydrogens (tertiary/aromatic N) is 1. The summed E-state index contributed by atoms with van der Waals surface area (Å²) in [4.78, 5) is 15.9. The number of esters is 1. The summed E-state index contributed by atoms with van der Waals surface area (Å²) in [5.74, 6) is -0.351. The molecule has 0 spiro atoms. The van der Waals surface area contributed by atoms with Crippen LogP contribution in [-0.2, 0) is 14.9 Å². The highest BCUT2D eigenvalue weighted by Gasteiger charge is 2.39. The molecule has 2 rings (SSSR count). The lowest BCUT2D eigenvalue weighted by Gasteiger charge is -2.20. The summed E-state index contributed by atoms with van der Waals surface area (Å²) >= 11 is 0. The first-order valence-corrected chi connectivity index (χ1v) is 4.84. The molecule has 0 saturated heterocycles. The monoisotopic (exact) mass is 203 g/mol. The van der Waals surface area contributed by atoms with Crippen LogP contribution in [0.1, 0.15) is 19.4 Å². The lowest BCUT2D eigenvalue weighted by molar-refractivity contribution is -0.133. The Morgan fingerprint density at radius 2 is 2.00 bits per heavy atom. The van der Waals surface area contributed by atoms with E-state index in [4.69, 9.17) is 4.74 Å². The zero-order valence-corrected chi connectivity index (χ0v) is 9.07. The highest BCUT2D eigenvalue weighted by molar-refractivity contribution is 6.41. The van der Waals surface area contributed by atoms with Crippen LogP contribution < -0.4 is 0 Å². The van der Waals surface area contributed by atoms with Gasteiger partial charge in [0.25, 0.3) is 0 Å². The average molecular weight is 203 g/mol. The van der Waals surface area contributed by atoms with Gasteiger partial charge < -0.3 is 4.74 Å². The number of methoxy groups -OCH3 is 1. The van der Waals surface area contributed by atoms with Crippen LogP contribution in [0, 0.1) is 0 Å². The molecule has 0 bridgehead atoms. The molecule has 0 saturated carbocycles. The van der Waals surface area contributed by atoms with Gasteiger partial charge in [0, 0.05) is 5.41 Å². The molecule has 78 valence electrons. The molecule has 1 heterocycles. The summed E-state index contributed by atoms with van der Waals surface area (Å²) in [5, 5.41) is 0. The highest BCUT2D eigenvalue weighted by atomic mass is 16.5. The molecule has 1 aliphatic rings. The first-order chi connectivity index (χ1) is 7.07. The molecule has 3 heteroatoms. The van der Waals surface area contributed by atoms with Crippen LogP contribution in [0.2, 0.25) is 0 Å². The summed E-state index contributed by atoms with van der Waals surface area (Å²) in [6, 6.07) is 7.77. The zero-order valence-electron chi connectivity index (χ0n) is 9.07. The SMILES string of the molecule is COC(=O)C1=Nc2ccccc2C1(C)C. The third kappa shape index (κ3) is 1.35. The molecule has 15 heavy (non-hydrogen) atoms. The van der Waals surface area contributed by atoms with Gasteiger partial charge in [-0.15, -0.1) is 0 Å². The van der Waals surface area contributed by atoms with E-state index in [-0.39, 0.29) is 11.4 Å². The van der Waals surface area contributed by atoms with Crippen molar-refractivity contribution in [3.63, 3.8) is 0 Å². The Hall–Kier alpha value is -1.64. The maximum atomic E-state index is 11.5. The van der Waals surface area contributed by atoms with Crippen molar-refractivity contribution >= 4 is 17.4 Å². The highest BCUT2D eigenvalue weighted by Crippen LogP contribution is 2.39. The normalized spacial score (nSPS) is 16.9. The molecule has 0 amide bonds. The lowest BCUT2D eigenvalue weighted by atomic mass is 9.81. The molecule has 1 aromatic carbocycles. The molecule has 3 nitrogen and oxygen atoms in total. The predicted octanol–water partition coefficient (Wildman–Crippen LogP) is 2.22. The second-order valence-corrected chi connectivity index (χ2v) is 4.09. The number of hydrogen-bond acceptors (Lipinski definition) is 3. The molecule has 1 aliphatic heterocycles. The number of benzene rings is 1. The van der Waals surface area contributed by atoms with E-state index in [1.54, 1.807) is 0 Å². The average Bonchev–Trinajstić information content (AvgIpc) is 2.51. The number of fused-ring (bicyclic) bond motifs is 1. The predicted molar refractivity (Wildman–Crippen MR) is 58.6 cm³/mol. The first-order valence-electron chi connectivity index (χ1n) is 4.84. The second kappa shape index (κ2) is 3.19. The maximum Gasteiger partial charge on any atom is 0.353 e. The van der Waals surface area contributed by atoms with Crippen molar-refractivity contribution in [1.82, 2.24) is 0 Å². The standard InChI is InChI=1S/C12H13NO2/c1-12(2)8-6-4-5-7-9(8)13-10(12)11(14)15-3/h4-7H,1-3H3. The number of para-hydroxylation sites is 1. The minimum Gasteiger partial charge on any atom is -0.465 e. The molecule has 0 atom stereocenters. The van der Waals surface area contributed by atoms with Gasteiger partial charge in [0.15, 0.2) is 0 Å². The Morgan fingerprint density at radius 3 is 2.60 bits per heavy atom. The molecule has 0 radical (unpaired) electrons. The van der Waals surface area contributed by atoms with Crippen molar-refractivity contribution in [2.45, 2.75) is 19.3 Å². The molecule has 0 aromatic heterocycles. The van der Waals surface area contributed by atoms with Gasteiger partial charge in [-0.05, 0) is 25.5 Å². The second-order valence-electron chi connectivity index (χ2n) is 4.09. The maximum absolute atomic E-state index is 11.5. The van der Waals surface area contributed by atoms with Gasteiger partial charge in [0.05, 0.1) is 12.8 Å². The van der Waals surface area contributed by atoms with Crippen molar-refractivity contribution in [2.24, 2.45) is 4.99 Å². The molecule has 0 fully saturated rings. The van der Waals surface area contributed by atoms with E-state index in [1.807, 2.05) is 38.1 Å². The van der Waals surface area contributed by atoms with E-state index in [0.717, 1.165) is 11.3 Å². The van der Waals surface area contributed by atoms with Gasteiger partial charge in [-0.1, -0.05) is 18.2 Å². The van der Waals surface area contributed by atoms with Crippen molar-refractivity contribution in [3.05, 3.63) is 29.8 Å². The largest absolute Gasteiger partial charge is 0.465 e. The van der Waals surface area contributed by atoms with Gasteiger partial charge in [-0.2, -0.15) is 0 Å². The summed E-state index contributed by atoms with van der Waals surface area (Å²) in [5.41, 5.74) is 2.06. The Bertz CT molecular complexity index is 447. The molecular weight excluding hydrogens is 190 g/mol. The molecule has 0 aliphatic carbocycles. The van der Waals surface area contributed by atoms with E-state index in [9.17, 15) is 4.79 Å². The molecule has 0 N–H and O–H groups in total. The van der Waals surface area contributed by atoms with Crippen LogP contribution in [0.25, 0.3) is 0 Å². The third-order valence-corrected chi connectivity index (χ3v) is 2.78. The summed E-state index contributed by atoms with van der Waals surface area (Å²) in [6.07, 6.45) is 0. The fourth-order valence-corrected chi connectivity index (χ4v) is 1.88. The van der Waals surface area contributed by atoms with E-state index in [1.165, 1.54) is 7.11 Å². The van der Waals surface area contributed by atoms with Crippen LogP contribution >= 0.6 is 0 Å². The summed E-state index contributed by atoms with van der Waals surface area (Å²) < 4.78 is 4.73. The van der Waals surface area contributed by atoms with Crippen molar-refractivity contribution < 1.29 is 9.53 Å². The van der Waals surface area contributed by atoms with Crippen molar-refractivity contribution in [1.29, 1.82) is 0 Å². The molecule has 0 unspecified atom stereocenters. The number of carbonyl (C=O) groups is 1. The summed E-state index contributed by atoms with van der Waals surface area (Å²) in [7, 11) is 1.38. The quantitative estimate of drug-likeness (QED) is 0.656. The van der Waals surface area contributed by atoms with E-state index in [2.05, 4.69) is 4.99 Å². The zero-order chi connectivity index (χ0) is 11.1. The van der Waals surface area contributed by atoms with Crippen molar-refractivity contribution in [2.75, 3.05) is 7.11 Å². The minimum atomic E-state index is -0.357. The Morgan fingerprint density at radius 1 is 1.33 bits per heavy atom. The van der Waals surface area contributed by atoms with E-state index in [0.29, 0.717) is 5.71 Å². The molecular formula is C12H13NO2. The topological polar surface area (TPSA) is 38.7 Å². The van der Waals surface area contributed by atoms with Crippen LogP contribution in [0.3, 0.4) is 0 Å². The van der Waals surface area contributed by atoms with Crippen molar-refractivity contribution in [3.8, 4) is 0 Å². The van der Waals surface area contributed by atoms with Gasteiger partial charge >= 0.3 is 5.97 Å². The Labute approximate surface area is 88.8 Å². The van der Waals surface area contributed by atoms with Gasteiger partial charge in [0.1, 0.15) is 5.71 Å². The van der Waals surface area contributed by atoms with E-state index >= 15 is 0 Å². The van der Waals surface area contributed by atoms with E-state index < -0.39 is 0 Å². The fraction of sp³-hybridized carbons (Fsp3) is 0.333. The van der Waals surface area contributed by atoms with Crippen LogP contribution in [0.4, 0.5) is 5.69 Å².